The molecule has 0 radical (unpaired) electrons. The largest absolute Gasteiger partial charge is 0.383 e. The average Bonchev–Trinajstić information content (AvgIpc) is 2.28. The zero-order valence-electron chi connectivity index (χ0n) is 9.66. The van der Waals surface area contributed by atoms with Crippen molar-refractivity contribution < 1.29 is 0 Å². The van der Waals surface area contributed by atoms with Crippen LogP contribution in [0.3, 0.4) is 0 Å². The van der Waals surface area contributed by atoms with Crippen LogP contribution < -0.4 is 11.1 Å². The van der Waals surface area contributed by atoms with Gasteiger partial charge in [-0.3, -0.25) is 0 Å². The average molecular weight is 293 g/mol. The maximum absolute atomic E-state index is 5.73. The molecule has 1 aromatic carbocycles. The fourth-order valence-electron chi connectivity index (χ4n) is 1.44. The Balaban J connectivity index is 2.35. The van der Waals surface area contributed by atoms with Gasteiger partial charge in [0, 0.05) is 10.0 Å². The Labute approximate surface area is 108 Å². The van der Waals surface area contributed by atoms with Crippen LogP contribution in [0.5, 0.6) is 0 Å². The Morgan fingerprint density at radius 3 is 2.71 bits per heavy atom. The van der Waals surface area contributed by atoms with Crippen molar-refractivity contribution in [1.82, 2.24) is 9.97 Å². The standard InChI is InChI=1S/C12H13BrN4/c1-7-3-4-10(9(13)5-7)17-12-8(2)11(14)15-6-16-12/h3-6H,1-2H3,(H3,14,15,16,17). The van der Waals surface area contributed by atoms with Gasteiger partial charge in [-0.1, -0.05) is 6.07 Å². The van der Waals surface area contributed by atoms with Gasteiger partial charge in [-0.25, -0.2) is 9.97 Å². The van der Waals surface area contributed by atoms with Crippen molar-refractivity contribution in [2.24, 2.45) is 0 Å². The first-order valence-corrected chi connectivity index (χ1v) is 5.97. The van der Waals surface area contributed by atoms with Crippen molar-refractivity contribution in [1.29, 1.82) is 0 Å². The number of nitrogens with one attached hydrogen (secondary N) is 1. The predicted molar refractivity (Wildman–Crippen MR) is 73.3 cm³/mol. The summed E-state index contributed by atoms with van der Waals surface area (Å²) in [5.74, 6) is 1.22. The van der Waals surface area contributed by atoms with Gasteiger partial charge >= 0.3 is 0 Å². The molecule has 1 heterocycles. The molecule has 2 aromatic rings. The zero-order valence-corrected chi connectivity index (χ0v) is 11.2. The minimum atomic E-state index is 0.491. The maximum atomic E-state index is 5.73. The van der Waals surface area contributed by atoms with Crippen molar-refractivity contribution in [3.63, 3.8) is 0 Å². The summed E-state index contributed by atoms with van der Waals surface area (Å²) in [4.78, 5) is 8.11. The lowest BCUT2D eigenvalue weighted by Crippen LogP contribution is -2.02. The van der Waals surface area contributed by atoms with Crippen molar-refractivity contribution >= 4 is 33.3 Å². The fraction of sp³-hybridized carbons (Fsp3) is 0.167. The molecule has 88 valence electrons. The number of rotatable bonds is 2. The summed E-state index contributed by atoms with van der Waals surface area (Å²) in [7, 11) is 0. The van der Waals surface area contributed by atoms with Crippen LogP contribution in [0.2, 0.25) is 0 Å². The van der Waals surface area contributed by atoms with E-state index >= 15 is 0 Å². The summed E-state index contributed by atoms with van der Waals surface area (Å²) in [5, 5.41) is 3.23. The molecular formula is C12H13BrN4. The van der Waals surface area contributed by atoms with Crippen LogP contribution in [0.25, 0.3) is 0 Å². The molecule has 0 saturated heterocycles. The van der Waals surface area contributed by atoms with Crippen molar-refractivity contribution in [3.05, 3.63) is 40.1 Å². The molecule has 0 unspecified atom stereocenters. The van der Waals surface area contributed by atoms with E-state index < -0.39 is 0 Å². The van der Waals surface area contributed by atoms with E-state index in [0.29, 0.717) is 5.82 Å². The third kappa shape index (κ3) is 2.55. The molecule has 1 aromatic heterocycles. The van der Waals surface area contributed by atoms with Gasteiger partial charge in [0.05, 0.1) is 5.69 Å². The third-order valence-corrected chi connectivity index (χ3v) is 3.16. The molecule has 0 fully saturated rings. The lowest BCUT2D eigenvalue weighted by atomic mass is 10.2. The van der Waals surface area contributed by atoms with Crippen LogP contribution in [0.15, 0.2) is 29.0 Å². The number of halogens is 1. The first-order chi connectivity index (χ1) is 8.08. The van der Waals surface area contributed by atoms with Gasteiger partial charge in [0.1, 0.15) is 18.0 Å². The SMILES string of the molecule is Cc1ccc(Nc2ncnc(N)c2C)c(Br)c1. The number of nitrogen functional groups attached to an aromatic ring is 1. The van der Waals surface area contributed by atoms with Crippen molar-refractivity contribution in [2.75, 3.05) is 11.1 Å². The van der Waals surface area contributed by atoms with E-state index in [1.54, 1.807) is 0 Å². The first kappa shape index (κ1) is 11.9. The number of anilines is 3. The number of hydrogen-bond donors (Lipinski definition) is 2. The highest BCUT2D eigenvalue weighted by Gasteiger charge is 2.06. The van der Waals surface area contributed by atoms with E-state index in [-0.39, 0.29) is 0 Å². The summed E-state index contributed by atoms with van der Waals surface area (Å²) in [5.41, 5.74) is 8.73. The summed E-state index contributed by atoms with van der Waals surface area (Å²) in [6, 6.07) is 6.08. The molecule has 0 bridgehead atoms. The monoisotopic (exact) mass is 292 g/mol. The Morgan fingerprint density at radius 1 is 1.24 bits per heavy atom. The number of nitrogens with two attached hydrogens (primary N) is 1. The van der Waals surface area contributed by atoms with Gasteiger partial charge in [-0.05, 0) is 47.5 Å². The van der Waals surface area contributed by atoms with Gasteiger partial charge in [0.25, 0.3) is 0 Å². The smallest absolute Gasteiger partial charge is 0.138 e. The summed E-state index contributed by atoms with van der Waals surface area (Å²) >= 11 is 3.51. The van der Waals surface area contributed by atoms with E-state index in [0.717, 1.165) is 21.5 Å². The van der Waals surface area contributed by atoms with Crippen LogP contribution in [-0.2, 0) is 0 Å². The highest BCUT2D eigenvalue weighted by Crippen LogP contribution is 2.27. The van der Waals surface area contributed by atoms with Gasteiger partial charge in [-0.2, -0.15) is 0 Å². The van der Waals surface area contributed by atoms with Gasteiger partial charge < -0.3 is 11.1 Å². The van der Waals surface area contributed by atoms with Crippen LogP contribution >= 0.6 is 15.9 Å². The fourth-order valence-corrected chi connectivity index (χ4v) is 2.03. The second kappa shape index (κ2) is 4.71. The Morgan fingerprint density at radius 2 is 2.00 bits per heavy atom. The summed E-state index contributed by atoms with van der Waals surface area (Å²) < 4.78 is 0.995. The number of hydrogen-bond acceptors (Lipinski definition) is 4. The Kier molecular flexibility index (Phi) is 3.28. The molecule has 4 nitrogen and oxygen atoms in total. The molecule has 3 N–H and O–H groups in total. The second-order valence-corrected chi connectivity index (χ2v) is 4.70. The van der Waals surface area contributed by atoms with Crippen LogP contribution in [0.1, 0.15) is 11.1 Å². The molecule has 5 heteroatoms. The number of nitrogens with zero attached hydrogens (tertiary/aromatic N) is 2. The quantitative estimate of drug-likeness (QED) is 0.892. The van der Waals surface area contributed by atoms with E-state index in [1.807, 2.05) is 32.0 Å². The van der Waals surface area contributed by atoms with E-state index in [1.165, 1.54) is 11.9 Å². The second-order valence-electron chi connectivity index (χ2n) is 3.84. The van der Waals surface area contributed by atoms with Gasteiger partial charge in [0.2, 0.25) is 0 Å². The minimum absolute atomic E-state index is 0.491. The lowest BCUT2D eigenvalue weighted by Gasteiger charge is -2.11. The van der Waals surface area contributed by atoms with Crippen molar-refractivity contribution in [3.8, 4) is 0 Å². The highest BCUT2D eigenvalue weighted by molar-refractivity contribution is 9.10. The molecule has 2 rings (SSSR count). The first-order valence-electron chi connectivity index (χ1n) is 5.18. The maximum Gasteiger partial charge on any atom is 0.138 e. The minimum Gasteiger partial charge on any atom is -0.383 e. The molecule has 0 amide bonds. The number of benzene rings is 1. The molecule has 0 aliphatic carbocycles. The van der Waals surface area contributed by atoms with E-state index in [2.05, 4.69) is 31.2 Å². The zero-order chi connectivity index (χ0) is 12.4. The predicted octanol–water partition coefficient (Wildman–Crippen LogP) is 3.18. The molecule has 0 aliphatic heterocycles. The summed E-state index contributed by atoms with van der Waals surface area (Å²) in [6.45, 7) is 3.93. The van der Waals surface area contributed by atoms with Gasteiger partial charge in [0.15, 0.2) is 0 Å². The molecule has 0 spiro atoms. The number of aryl methyl sites for hydroxylation is 1. The number of aromatic nitrogens is 2. The summed E-state index contributed by atoms with van der Waals surface area (Å²) in [6.07, 6.45) is 1.45. The normalized spacial score (nSPS) is 10.3. The molecule has 0 saturated carbocycles. The van der Waals surface area contributed by atoms with Gasteiger partial charge in [-0.15, -0.1) is 0 Å². The Hall–Kier alpha value is -1.62. The topological polar surface area (TPSA) is 63.8 Å². The third-order valence-electron chi connectivity index (χ3n) is 2.50. The van der Waals surface area contributed by atoms with E-state index in [9.17, 15) is 0 Å². The van der Waals surface area contributed by atoms with E-state index in [4.69, 9.17) is 5.73 Å². The van der Waals surface area contributed by atoms with Crippen molar-refractivity contribution in [2.45, 2.75) is 13.8 Å². The van der Waals surface area contributed by atoms with Crippen LogP contribution in [-0.4, -0.2) is 9.97 Å². The van der Waals surface area contributed by atoms with Crippen LogP contribution in [0, 0.1) is 13.8 Å². The molecule has 17 heavy (non-hydrogen) atoms. The van der Waals surface area contributed by atoms with Crippen LogP contribution in [0.4, 0.5) is 17.3 Å². The highest BCUT2D eigenvalue weighted by atomic mass is 79.9. The lowest BCUT2D eigenvalue weighted by molar-refractivity contribution is 1.14. The molecule has 0 atom stereocenters. The molecule has 0 aliphatic rings. The Bertz CT molecular complexity index is 554. The molecular weight excluding hydrogens is 280 g/mol.